The predicted molar refractivity (Wildman–Crippen MR) is 96.2 cm³/mol. The predicted octanol–water partition coefficient (Wildman–Crippen LogP) is 1.27. The highest BCUT2D eigenvalue weighted by Gasteiger charge is 2.54. The molecule has 1 N–H and O–H groups in total. The lowest BCUT2D eigenvalue weighted by Crippen LogP contribution is -2.73. The molecule has 0 radical (unpaired) electrons. The second kappa shape index (κ2) is 6.53. The van der Waals surface area contributed by atoms with Crippen molar-refractivity contribution in [3.8, 4) is 11.1 Å². The van der Waals surface area contributed by atoms with Crippen molar-refractivity contribution in [2.45, 2.75) is 24.9 Å². The van der Waals surface area contributed by atoms with E-state index in [1.165, 1.54) is 6.92 Å². The molecule has 1 aromatic carbocycles. The third-order valence-corrected chi connectivity index (χ3v) is 5.51. The molecule has 2 fully saturated rings. The molecule has 0 saturated carbocycles. The van der Waals surface area contributed by atoms with Gasteiger partial charge in [-0.1, -0.05) is 24.3 Å². The molecule has 1 aromatic heterocycles. The first-order chi connectivity index (χ1) is 12.6. The van der Waals surface area contributed by atoms with Crippen LogP contribution >= 0.6 is 0 Å². The fourth-order valence-corrected chi connectivity index (χ4v) is 4.18. The van der Waals surface area contributed by atoms with Crippen molar-refractivity contribution >= 4 is 11.8 Å². The molecule has 2 aliphatic rings. The minimum absolute atomic E-state index is 0.0394. The van der Waals surface area contributed by atoms with E-state index in [0.717, 1.165) is 16.7 Å². The van der Waals surface area contributed by atoms with Crippen LogP contribution in [0.15, 0.2) is 48.8 Å². The van der Waals surface area contributed by atoms with Crippen LogP contribution < -0.4 is 0 Å². The quantitative estimate of drug-likeness (QED) is 0.904. The summed E-state index contributed by atoms with van der Waals surface area (Å²) in [5.41, 5.74) is 3.27. The van der Waals surface area contributed by atoms with Crippen molar-refractivity contribution in [3.05, 3.63) is 54.4 Å². The van der Waals surface area contributed by atoms with Gasteiger partial charge < -0.3 is 14.9 Å². The van der Waals surface area contributed by atoms with Gasteiger partial charge in [-0.15, -0.1) is 0 Å². The van der Waals surface area contributed by atoms with Crippen LogP contribution in [0.5, 0.6) is 0 Å². The molecule has 0 unspecified atom stereocenters. The van der Waals surface area contributed by atoms with Crippen molar-refractivity contribution < 1.29 is 14.7 Å². The molecule has 4 rings (SSSR count). The SMILES string of the molecule is CC(=O)N1CC(=O)N2[C@H](CO)[C@@H](c3ccc(-c4ccncc4)cc3)[C@H]2C1. The number of pyridine rings is 1. The molecule has 134 valence electrons. The van der Waals surface area contributed by atoms with E-state index in [9.17, 15) is 14.7 Å². The Morgan fingerprint density at radius 3 is 2.42 bits per heavy atom. The Balaban J connectivity index is 1.60. The number of carbonyl (C=O) groups excluding carboxylic acids is 2. The summed E-state index contributed by atoms with van der Waals surface area (Å²) >= 11 is 0. The van der Waals surface area contributed by atoms with E-state index < -0.39 is 0 Å². The Kier molecular flexibility index (Phi) is 4.20. The van der Waals surface area contributed by atoms with Crippen LogP contribution in [0.2, 0.25) is 0 Å². The van der Waals surface area contributed by atoms with Crippen LogP contribution in [0.4, 0.5) is 0 Å². The van der Waals surface area contributed by atoms with Gasteiger partial charge in [-0.2, -0.15) is 0 Å². The third kappa shape index (κ3) is 2.66. The number of aliphatic hydroxyl groups is 1. The highest BCUT2D eigenvalue weighted by molar-refractivity contribution is 5.87. The van der Waals surface area contributed by atoms with Crippen molar-refractivity contribution in [1.29, 1.82) is 0 Å². The minimum atomic E-state index is -0.214. The number of hydrogen-bond acceptors (Lipinski definition) is 4. The van der Waals surface area contributed by atoms with Crippen molar-refractivity contribution in [2.75, 3.05) is 19.7 Å². The maximum atomic E-state index is 12.4. The zero-order valence-electron chi connectivity index (χ0n) is 14.6. The molecule has 2 aliphatic heterocycles. The number of piperazine rings is 1. The molecule has 2 aromatic rings. The molecule has 3 atom stereocenters. The van der Waals surface area contributed by atoms with Crippen molar-refractivity contribution in [2.24, 2.45) is 0 Å². The van der Waals surface area contributed by atoms with E-state index in [1.54, 1.807) is 22.2 Å². The minimum Gasteiger partial charge on any atom is -0.394 e. The molecule has 0 bridgehead atoms. The Morgan fingerprint density at radius 2 is 1.81 bits per heavy atom. The molecule has 6 nitrogen and oxygen atoms in total. The Labute approximate surface area is 152 Å². The number of amides is 2. The lowest BCUT2D eigenvalue weighted by molar-refractivity contribution is -0.166. The summed E-state index contributed by atoms with van der Waals surface area (Å²) in [6.45, 7) is 2.05. The lowest BCUT2D eigenvalue weighted by Gasteiger charge is -2.58. The third-order valence-electron chi connectivity index (χ3n) is 5.51. The van der Waals surface area contributed by atoms with Gasteiger partial charge in [0.05, 0.1) is 25.2 Å². The number of hydrogen-bond donors (Lipinski definition) is 1. The fraction of sp³-hybridized carbons (Fsp3) is 0.350. The zero-order chi connectivity index (χ0) is 18.3. The number of benzene rings is 1. The largest absolute Gasteiger partial charge is 0.394 e. The van der Waals surface area contributed by atoms with Gasteiger partial charge in [-0.05, 0) is 28.8 Å². The topological polar surface area (TPSA) is 73.7 Å². The highest BCUT2D eigenvalue weighted by Crippen LogP contribution is 2.43. The molecular weight excluding hydrogens is 330 g/mol. The summed E-state index contributed by atoms with van der Waals surface area (Å²) in [4.78, 5) is 31.5. The normalized spacial score (nSPS) is 24.8. The monoisotopic (exact) mass is 351 g/mol. The summed E-state index contributed by atoms with van der Waals surface area (Å²) in [7, 11) is 0. The summed E-state index contributed by atoms with van der Waals surface area (Å²) in [5.74, 6) is -0.130. The van der Waals surface area contributed by atoms with E-state index in [1.807, 2.05) is 12.1 Å². The number of aromatic nitrogens is 1. The first kappa shape index (κ1) is 16.7. The zero-order valence-corrected chi connectivity index (χ0v) is 14.6. The molecule has 0 spiro atoms. The van der Waals surface area contributed by atoms with Crippen LogP contribution in [0.1, 0.15) is 18.4 Å². The Bertz CT molecular complexity index is 822. The summed E-state index contributed by atoms with van der Waals surface area (Å²) in [6, 6.07) is 11.8. The van der Waals surface area contributed by atoms with Gasteiger partial charge in [0.1, 0.15) is 0 Å². The molecule has 3 heterocycles. The maximum Gasteiger partial charge on any atom is 0.242 e. The number of rotatable bonds is 3. The molecule has 2 amide bonds. The van der Waals surface area contributed by atoms with Crippen molar-refractivity contribution in [1.82, 2.24) is 14.8 Å². The first-order valence-corrected chi connectivity index (χ1v) is 8.78. The second-order valence-corrected chi connectivity index (χ2v) is 6.90. The van der Waals surface area contributed by atoms with Gasteiger partial charge in [-0.3, -0.25) is 14.6 Å². The van der Waals surface area contributed by atoms with Crippen LogP contribution in [-0.2, 0) is 9.59 Å². The molecule has 26 heavy (non-hydrogen) atoms. The molecule has 0 aliphatic carbocycles. The van der Waals surface area contributed by atoms with E-state index in [-0.39, 0.29) is 43.0 Å². The standard InChI is InChI=1S/C20H21N3O3/c1-13(25)22-10-17-20(18(12-24)23(17)19(26)11-22)16-4-2-14(3-5-16)15-6-8-21-9-7-15/h2-9,17-18,20,24H,10-12H2,1H3/t17-,18-,20+/m1/s1. The fourth-order valence-electron chi connectivity index (χ4n) is 4.18. The van der Waals surface area contributed by atoms with Gasteiger partial charge in [-0.25, -0.2) is 0 Å². The summed E-state index contributed by atoms with van der Waals surface area (Å²) < 4.78 is 0. The Morgan fingerprint density at radius 1 is 1.15 bits per heavy atom. The smallest absolute Gasteiger partial charge is 0.242 e. The number of nitrogens with zero attached hydrogens (tertiary/aromatic N) is 3. The number of carbonyl (C=O) groups is 2. The average molecular weight is 351 g/mol. The van der Waals surface area contributed by atoms with Crippen LogP contribution in [0.3, 0.4) is 0 Å². The van der Waals surface area contributed by atoms with Gasteiger partial charge >= 0.3 is 0 Å². The van der Waals surface area contributed by atoms with Gasteiger partial charge in [0.25, 0.3) is 0 Å². The molecule has 6 heteroatoms. The summed E-state index contributed by atoms with van der Waals surface area (Å²) in [6.07, 6.45) is 3.53. The van der Waals surface area contributed by atoms with E-state index >= 15 is 0 Å². The lowest BCUT2D eigenvalue weighted by atomic mass is 9.73. The van der Waals surface area contributed by atoms with Crippen molar-refractivity contribution in [3.63, 3.8) is 0 Å². The highest BCUT2D eigenvalue weighted by atomic mass is 16.3. The number of fused-ring (bicyclic) bond motifs is 1. The van der Waals surface area contributed by atoms with Crippen LogP contribution in [0, 0.1) is 0 Å². The number of aliphatic hydroxyl groups excluding tert-OH is 1. The average Bonchev–Trinajstić information content (AvgIpc) is 2.64. The summed E-state index contributed by atoms with van der Waals surface area (Å²) in [5, 5.41) is 9.80. The Hall–Kier alpha value is -2.73. The van der Waals surface area contributed by atoms with E-state index in [0.29, 0.717) is 6.54 Å². The molecular formula is C20H21N3O3. The van der Waals surface area contributed by atoms with Gasteiger partial charge in [0.2, 0.25) is 11.8 Å². The van der Waals surface area contributed by atoms with Crippen LogP contribution in [-0.4, -0.2) is 63.5 Å². The van der Waals surface area contributed by atoms with Crippen LogP contribution in [0.25, 0.3) is 11.1 Å². The van der Waals surface area contributed by atoms with Gasteiger partial charge in [0.15, 0.2) is 0 Å². The first-order valence-electron chi connectivity index (χ1n) is 8.78. The van der Waals surface area contributed by atoms with Gasteiger partial charge in [0, 0.05) is 31.8 Å². The second-order valence-electron chi connectivity index (χ2n) is 6.90. The maximum absolute atomic E-state index is 12.4. The molecule has 2 saturated heterocycles. The van der Waals surface area contributed by atoms with E-state index in [2.05, 4.69) is 29.2 Å². The van der Waals surface area contributed by atoms with E-state index in [4.69, 9.17) is 0 Å².